The van der Waals surface area contributed by atoms with Gasteiger partial charge in [0.1, 0.15) is 5.82 Å². The summed E-state index contributed by atoms with van der Waals surface area (Å²) in [6, 6.07) is 5.01. The molecule has 2 aromatic rings. The second-order valence-electron chi connectivity index (χ2n) is 6.57. The van der Waals surface area contributed by atoms with Crippen LogP contribution in [0.4, 0.5) is 8.78 Å². The highest BCUT2D eigenvalue weighted by Crippen LogP contribution is 2.37. The summed E-state index contributed by atoms with van der Waals surface area (Å²) in [6.07, 6.45) is 1.51. The Hall–Kier alpha value is -1.98. The summed E-state index contributed by atoms with van der Waals surface area (Å²) in [6.45, 7) is 3.82. The van der Waals surface area contributed by atoms with Crippen molar-refractivity contribution in [2.24, 2.45) is 5.92 Å². The number of aromatic nitrogens is 3. The van der Waals surface area contributed by atoms with Gasteiger partial charge in [0.15, 0.2) is 5.43 Å². The topological polar surface area (TPSA) is 50.7 Å². The molecule has 0 aromatic carbocycles. The van der Waals surface area contributed by atoms with Crippen molar-refractivity contribution in [2.45, 2.75) is 51.9 Å². The number of hydrogen-bond donors (Lipinski definition) is 1. The van der Waals surface area contributed by atoms with E-state index in [4.69, 9.17) is 0 Å². The lowest BCUT2D eigenvalue weighted by molar-refractivity contribution is -0.0457. The molecule has 1 fully saturated rings. The van der Waals surface area contributed by atoms with Crippen LogP contribution in [-0.2, 0) is 6.42 Å². The molecule has 4 nitrogen and oxygen atoms in total. The lowest BCUT2D eigenvalue weighted by Gasteiger charge is -2.28. The number of H-pyrrole nitrogens is 1. The van der Waals surface area contributed by atoms with Gasteiger partial charge in [-0.15, -0.1) is 0 Å². The summed E-state index contributed by atoms with van der Waals surface area (Å²) >= 11 is 0. The first-order chi connectivity index (χ1) is 10.8. The number of hydrogen-bond acceptors (Lipinski definition) is 2. The van der Waals surface area contributed by atoms with E-state index in [0.717, 1.165) is 17.1 Å². The molecular formula is C17H21F2N3O. The zero-order chi connectivity index (χ0) is 16.6. The van der Waals surface area contributed by atoms with Crippen molar-refractivity contribution in [2.75, 3.05) is 0 Å². The number of nitrogens with one attached hydrogen (secondary N) is 1. The van der Waals surface area contributed by atoms with Gasteiger partial charge in [0.05, 0.1) is 5.69 Å². The molecular weight excluding hydrogens is 300 g/mol. The third kappa shape index (κ3) is 3.68. The monoisotopic (exact) mass is 321 g/mol. The molecule has 1 aliphatic carbocycles. The van der Waals surface area contributed by atoms with Crippen molar-refractivity contribution >= 4 is 0 Å². The summed E-state index contributed by atoms with van der Waals surface area (Å²) < 4.78 is 28.2. The number of aromatic amines is 1. The van der Waals surface area contributed by atoms with Crippen molar-refractivity contribution in [1.82, 2.24) is 14.8 Å². The molecule has 124 valence electrons. The molecule has 3 rings (SSSR count). The maximum atomic E-state index is 13.2. The summed E-state index contributed by atoms with van der Waals surface area (Å²) in [5.74, 6) is -1.70. The first-order valence-electron chi connectivity index (χ1n) is 7.97. The minimum absolute atomic E-state index is 0.0565. The van der Waals surface area contributed by atoms with Crippen LogP contribution in [0.5, 0.6) is 0 Å². The van der Waals surface area contributed by atoms with Crippen molar-refractivity contribution < 1.29 is 8.78 Å². The van der Waals surface area contributed by atoms with Crippen LogP contribution in [-0.4, -0.2) is 20.7 Å². The van der Waals surface area contributed by atoms with Gasteiger partial charge in [-0.1, -0.05) is 0 Å². The molecule has 0 spiro atoms. The number of pyridine rings is 1. The summed E-state index contributed by atoms with van der Waals surface area (Å²) in [7, 11) is 0. The molecule has 0 radical (unpaired) electrons. The Bertz CT molecular complexity index is 753. The van der Waals surface area contributed by atoms with E-state index in [1.54, 1.807) is 10.7 Å². The SMILES string of the molecule is Cc1cc(C)n(-c2cc(=O)cc(CC3CCC(F)(F)CC3)[nH]2)n1. The highest BCUT2D eigenvalue weighted by atomic mass is 19.3. The highest BCUT2D eigenvalue weighted by Gasteiger charge is 2.34. The second kappa shape index (κ2) is 5.91. The largest absolute Gasteiger partial charge is 0.343 e. The van der Waals surface area contributed by atoms with Gasteiger partial charge in [-0.3, -0.25) is 4.79 Å². The Morgan fingerprint density at radius 2 is 1.96 bits per heavy atom. The normalized spacial score (nSPS) is 18.3. The number of halogens is 2. The van der Waals surface area contributed by atoms with Gasteiger partial charge in [0, 0.05) is 36.4 Å². The molecule has 23 heavy (non-hydrogen) atoms. The number of alkyl halides is 2. The van der Waals surface area contributed by atoms with E-state index in [9.17, 15) is 13.6 Å². The van der Waals surface area contributed by atoms with E-state index in [0.29, 0.717) is 25.1 Å². The first-order valence-corrected chi connectivity index (χ1v) is 7.97. The molecule has 0 bridgehead atoms. The maximum Gasteiger partial charge on any atom is 0.248 e. The highest BCUT2D eigenvalue weighted by molar-refractivity contribution is 5.27. The molecule has 6 heteroatoms. The van der Waals surface area contributed by atoms with Gasteiger partial charge in [0.2, 0.25) is 5.92 Å². The Kier molecular flexibility index (Phi) is 4.08. The second-order valence-corrected chi connectivity index (χ2v) is 6.57. The number of nitrogens with zero attached hydrogens (tertiary/aromatic N) is 2. The van der Waals surface area contributed by atoms with Crippen molar-refractivity contribution in [3.63, 3.8) is 0 Å². The molecule has 0 amide bonds. The van der Waals surface area contributed by atoms with Crippen LogP contribution in [0.3, 0.4) is 0 Å². The van der Waals surface area contributed by atoms with Gasteiger partial charge in [-0.25, -0.2) is 13.5 Å². The van der Waals surface area contributed by atoms with Crippen LogP contribution in [0.25, 0.3) is 5.82 Å². The zero-order valence-corrected chi connectivity index (χ0v) is 13.4. The first kappa shape index (κ1) is 15.9. The van der Waals surface area contributed by atoms with E-state index in [1.807, 2.05) is 19.9 Å². The average molecular weight is 321 g/mol. The van der Waals surface area contributed by atoms with Crippen LogP contribution >= 0.6 is 0 Å². The average Bonchev–Trinajstić information content (AvgIpc) is 2.79. The fraction of sp³-hybridized carbons (Fsp3) is 0.529. The predicted molar refractivity (Wildman–Crippen MR) is 84.3 cm³/mol. The Balaban J connectivity index is 1.81. The lowest BCUT2D eigenvalue weighted by atomic mass is 9.84. The number of aryl methyl sites for hydroxylation is 2. The predicted octanol–water partition coefficient (Wildman–Crippen LogP) is 3.55. The minimum atomic E-state index is -2.52. The van der Waals surface area contributed by atoms with E-state index >= 15 is 0 Å². The molecule has 0 saturated heterocycles. The van der Waals surface area contributed by atoms with Crippen LogP contribution < -0.4 is 5.43 Å². The van der Waals surface area contributed by atoms with E-state index in [-0.39, 0.29) is 24.2 Å². The van der Waals surface area contributed by atoms with Gasteiger partial charge in [0.25, 0.3) is 0 Å². The Morgan fingerprint density at radius 1 is 1.26 bits per heavy atom. The standard InChI is InChI=1S/C17H21F2N3O/c1-11-7-12(2)22(21-11)16-10-15(23)9-14(20-16)8-13-3-5-17(18,19)6-4-13/h7,9-10,13H,3-6,8H2,1-2H3,(H,20,23). The molecule has 1 aliphatic rings. The molecule has 1 saturated carbocycles. The van der Waals surface area contributed by atoms with Gasteiger partial charge in [-0.2, -0.15) is 5.10 Å². The summed E-state index contributed by atoms with van der Waals surface area (Å²) in [5.41, 5.74) is 2.51. The van der Waals surface area contributed by atoms with Crippen LogP contribution in [0.1, 0.15) is 42.8 Å². The lowest BCUT2D eigenvalue weighted by Crippen LogP contribution is -2.26. The van der Waals surface area contributed by atoms with Crippen LogP contribution in [0, 0.1) is 19.8 Å². The van der Waals surface area contributed by atoms with E-state index in [2.05, 4.69) is 10.1 Å². The maximum absolute atomic E-state index is 13.2. The summed E-state index contributed by atoms with van der Waals surface area (Å²) in [5, 5.41) is 4.38. The van der Waals surface area contributed by atoms with Gasteiger partial charge in [-0.05, 0) is 45.1 Å². The molecule has 1 N–H and O–H groups in total. The summed E-state index contributed by atoms with van der Waals surface area (Å²) in [4.78, 5) is 15.2. The van der Waals surface area contributed by atoms with Crippen LogP contribution in [0.15, 0.2) is 23.0 Å². The molecule has 2 heterocycles. The van der Waals surface area contributed by atoms with Crippen LogP contribution in [0.2, 0.25) is 0 Å². The fourth-order valence-electron chi connectivity index (χ4n) is 3.30. The quantitative estimate of drug-likeness (QED) is 0.940. The van der Waals surface area contributed by atoms with Gasteiger partial charge < -0.3 is 4.98 Å². The Morgan fingerprint density at radius 3 is 2.57 bits per heavy atom. The molecule has 2 aromatic heterocycles. The molecule has 0 aliphatic heterocycles. The molecule has 0 unspecified atom stereocenters. The zero-order valence-electron chi connectivity index (χ0n) is 13.4. The Labute approximate surface area is 133 Å². The van der Waals surface area contributed by atoms with Crippen molar-refractivity contribution in [1.29, 1.82) is 0 Å². The third-order valence-corrected chi connectivity index (χ3v) is 4.47. The fourth-order valence-corrected chi connectivity index (χ4v) is 3.30. The van der Waals surface area contributed by atoms with Crippen molar-refractivity contribution in [3.05, 3.63) is 45.5 Å². The number of rotatable bonds is 3. The smallest absolute Gasteiger partial charge is 0.248 e. The third-order valence-electron chi connectivity index (χ3n) is 4.47. The minimum Gasteiger partial charge on any atom is -0.343 e. The molecule has 0 atom stereocenters. The van der Waals surface area contributed by atoms with Gasteiger partial charge >= 0.3 is 0 Å². The van der Waals surface area contributed by atoms with E-state index < -0.39 is 5.92 Å². The van der Waals surface area contributed by atoms with Crippen molar-refractivity contribution in [3.8, 4) is 5.82 Å². The van der Waals surface area contributed by atoms with E-state index in [1.165, 1.54) is 6.07 Å².